The zero-order valence-electron chi connectivity index (χ0n) is 21.7. The van der Waals surface area contributed by atoms with Crippen LogP contribution in [-0.4, -0.2) is 64.9 Å². The third-order valence-corrected chi connectivity index (χ3v) is 5.80. The summed E-state index contributed by atoms with van der Waals surface area (Å²) in [5.74, 6) is -0.642. The summed E-state index contributed by atoms with van der Waals surface area (Å²) in [5.41, 5.74) is 0.620. The molecular weight excluding hydrogens is 460 g/mol. The molecule has 0 aliphatic carbocycles. The molecule has 1 saturated heterocycles. The molecule has 1 aliphatic rings. The number of benzene rings is 2. The fraction of sp³-hybridized carbons (Fsp3) is 0.464. The van der Waals surface area contributed by atoms with Crippen molar-refractivity contribution in [1.29, 1.82) is 0 Å². The second-order valence-corrected chi connectivity index (χ2v) is 9.72. The van der Waals surface area contributed by atoms with Crippen molar-refractivity contribution in [2.75, 3.05) is 13.2 Å². The molecule has 0 bridgehead atoms. The van der Waals surface area contributed by atoms with Gasteiger partial charge in [-0.05, 0) is 52.3 Å². The molecule has 1 fully saturated rings. The number of imide groups is 1. The largest absolute Gasteiger partial charge is 0.443 e. The molecule has 0 N–H and O–H groups in total. The minimum Gasteiger partial charge on any atom is -0.443 e. The molecule has 0 saturated carbocycles. The SMILES string of the molecule is CCOC(C)OC[C@@H]1[C@@H](N(Cc2ccccc2)C(=O)c2ccccc2)CC(=O)N1C(=O)OC(C)(C)C. The highest BCUT2D eigenvalue weighted by molar-refractivity contribution is 5.98. The van der Waals surface area contributed by atoms with Crippen LogP contribution in [0.5, 0.6) is 0 Å². The molecule has 3 atom stereocenters. The van der Waals surface area contributed by atoms with Crippen LogP contribution >= 0.6 is 0 Å². The van der Waals surface area contributed by atoms with Gasteiger partial charge in [0.25, 0.3) is 5.91 Å². The van der Waals surface area contributed by atoms with E-state index in [0.29, 0.717) is 12.2 Å². The van der Waals surface area contributed by atoms with Crippen molar-refractivity contribution in [3.8, 4) is 0 Å². The molecule has 8 heteroatoms. The van der Waals surface area contributed by atoms with Gasteiger partial charge in [0.15, 0.2) is 6.29 Å². The molecule has 0 radical (unpaired) electrons. The van der Waals surface area contributed by atoms with Gasteiger partial charge in [0.1, 0.15) is 5.60 Å². The monoisotopic (exact) mass is 496 g/mol. The summed E-state index contributed by atoms with van der Waals surface area (Å²) in [6.07, 6.45) is -1.32. The molecule has 36 heavy (non-hydrogen) atoms. The first-order valence-electron chi connectivity index (χ1n) is 12.3. The van der Waals surface area contributed by atoms with Crippen molar-refractivity contribution in [3.63, 3.8) is 0 Å². The molecule has 1 unspecified atom stereocenters. The summed E-state index contributed by atoms with van der Waals surface area (Å²) in [4.78, 5) is 42.8. The van der Waals surface area contributed by atoms with Crippen LogP contribution in [0.15, 0.2) is 60.7 Å². The van der Waals surface area contributed by atoms with Crippen molar-refractivity contribution in [3.05, 3.63) is 71.8 Å². The van der Waals surface area contributed by atoms with E-state index in [0.717, 1.165) is 10.5 Å². The zero-order valence-corrected chi connectivity index (χ0v) is 21.7. The summed E-state index contributed by atoms with van der Waals surface area (Å²) in [7, 11) is 0. The van der Waals surface area contributed by atoms with E-state index in [1.54, 1.807) is 56.9 Å². The van der Waals surface area contributed by atoms with Crippen LogP contribution in [0.3, 0.4) is 0 Å². The minimum absolute atomic E-state index is 0.00414. The molecule has 1 heterocycles. The maximum absolute atomic E-state index is 13.7. The van der Waals surface area contributed by atoms with E-state index in [9.17, 15) is 14.4 Å². The molecule has 1 aliphatic heterocycles. The lowest BCUT2D eigenvalue weighted by molar-refractivity contribution is -0.144. The van der Waals surface area contributed by atoms with Gasteiger partial charge in [0.05, 0.1) is 18.7 Å². The molecule has 194 valence electrons. The quantitative estimate of drug-likeness (QED) is 0.471. The van der Waals surface area contributed by atoms with Crippen molar-refractivity contribution in [2.45, 2.75) is 71.6 Å². The average Bonchev–Trinajstić information content (AvgIpc) is 3.17. The van der Waals surface area contributed by atoms with E-state index in [2.05, 4.69) is 0 Å². The van der Waals surface area contributed by atoms with Crippen LogP contribution in [0.25, 0.3) is 0 Å². The average molecular weight is 497 g/mol. The van der Waals surface area contributed by atoms with Crippen molar-refractivity contribution >= 4 is 17.9 Å². The number of likely N-dealkylation sites (tertiary alicyclic amines) is 1. The molecule has 3 rings (SSSR count). The topological polar surface area (TPSA) is 85.4 Å². The summed E-state index contributed by atoms with van der Waals surface area (Å²) in [5, 5.41) is 0. The zero-order chi connectivity index (χ0) is 26.3. The lowest BCUT2D eigenvalue weighted by Crippen LogP contribution is -2.52. The lowest BCUT2D eigenvalue weighted by atomic mass is 10.0. The highest BCUT2D eigenvalue weighted by Crippen LogP contribution is 2.30. The predicted molar refractivity (Wildman–Crippen MR) is 135 cm³/mol. The third-order valence-electron chi connectivity index (χ3n) is 5.80. The highest BCUT2D eigenvalue weighted by Gasteiger charge is 2.49. The Hall–Kier alpha value is -3.23. The van der Waals surface area contributed by atoms with Crippen LogP contribution in [0, 0.1) is 0 Å². The molecule has 0 aromatic heterocycles. The number of amides is 3. The van der Waals surface area contributed by atoms with E-state index in [1.165, 1.54) is 0 Å². The number of hydrogen-bond donors (Lipinski definition) is 0. The van der Waals surface area contributed by atoms with E-state index in [-0.39, 0.29) is 25.5 Å². The molecule has 0 spiro atoms. The summed E-state index contributed by atoms with van der Waals surface area (Å²) in [6, 6.07) is 17.1. The van der Waals surface area contributed by atoms with Crippen LogP contribution in [0.4, 0.5) is 4.79 Å². The maximum atomic E-state index is 13.7. The molecule has 3 amide bonds. The van der Waals surface area contributed by atoms with Crippen LogP contribution < -0.4 is 0 Å². The van der Waals surface area contributed by atoms with Gasteiger partial charge < -0.3 is 19.1 Å². The molecule has 2 aromatic rings. The Kier molecular flexibility index (Phi) is 9.23. The highest BCUT2D eigenvalue weighted by atomic mass is 16.7. The number of nitrogens with zero attached hydrogens (tertiary/aromatic N) is 2. The van der Waals surface area contributed by atoms with Gasteiger partial charge in [0, 0.05) is 25.1 Å². The van der Waals surface area contributed by atoms with Crippen LogP contribution in [-0.2, 0) is 25.5 Å². The van der Waals surface area contributed by atoms with E-state index in [1.807, 2.05) is 43.3 Å². The Morgan fingerprint density at radius 2 is 1.64 bits per heavy atom. The third kappa shape index (κ3) is 7.15. The first-order valence-corrected chi connectivity index (χ1v) is 12.3. The second kappa shape index (κ2) is 12.1. The van der Waals surface area contributed by atoms with Gasteiger partial charge in [-0.2, -0.15) is 0 Å². The Morgan fingerprint density at radius 3 is 2.22 bits per heavy atom. The van der Waals surface area contributed by atoms with Gasteiger partial charge in [-0.15, -0.1) is 0 Å². The van der Waals surface area contributed by atoms with Gasteiger partial charge in [-0.25, -0.2) is 9.69 Å². The van der Waals surface area contributed by atoms with Crippen molar-refractivity contribution in [2.24, 2.45) is 0 Å². The number of carbonyl (C=O) groups excluding carboxylic acids is 3. The van der Waals surface area contributed by atoms with Gasteiger partial charge >= 0.3 is 6.09 Å². The predicted octanol–water partition coefficient (Wildman–Crippen LogP) is 4.63. The summed E-state index contributed by atoms with van der Waals surface area (Å²) in [6.45, 7) is 9.57. The van der Waals surface area contributed by atoms with Gasteiger partial charge in [-0.1, -0.05) is 48.5 Å². The number of ether oxygens (including phenoxy) is 3. The smallest absolute Gasteiger partial charge is 0.417 e. The fourth-order valence-electron chi connectivity index (χ4n) is 4.21. The Balaban J connectivity index is 1.98. The number of hydrogen-bond acceptors (Lipinski definition) is 6. The van der Waals surface area contributed by atoms with Crippen LogP contribution in [0.1, 0.15) is 57.0 Å². The van der Waals surface area contributed by atoms with E-state index < -0.39 is 36.0 Å². The Labute approximate surface area is 213 Å². The summed E-state index contributed by atoms with van der Waals surface area (Å²) < 4.78 is 16.9. The Morgan fingerprint density at radius 1 is 1.03 bits per heavy atom. The first-order chi connectivity index (χ1) is 17.1. The van der Waals surface area contributed by atoms with E-state index >= 15 is 0 Å². The second-order valence-electron chi connectivity index (χ2n) is 9.72. The minimum atomic E-state index is -0.789. The van der Waals surface area contributed by atoms with Gasteiger partial charge in [-0.3, -0.25) is 9.59 Å². The standard InChI is InChI=1S/C28H36N2O6/c1-6-34-20(2)35-19-24-23(17-25(31)30(24)27(33)36-28(3,4)5)29(18-21-13-9-7-10-14-21)26(32)22-15-11-8-12-16-22/h7-16,20,23-24H,6,17-19H2,1-5H3/t20?,23-,24+/m0/s1. The Bertz CT molecular complexity index is 1020. The van der Waals surface area contributed by atoms with Crippen molar-refractivity contribution in [1.82, 2.24) is 9.80 Å². The first kappa shape index (κ1) is 27.4. The molecule has 8 nitrogen and oxygen atoms in total. The maximum Gasteiger partial charge on any atom is 0.417 e. The lowest BCUT2D eigenvalue weighted by Gasteiger charge is -2.35. The fourth-order valence-corrected chi connectivity index (χ4v) is 4.21. The number of rotatable bonds is 9. The van der Waals surface area contributed by atoms with Crippen LogP contribution in [0.2, 0.25) is 0 Å². The van der Waals surface area contributed by atoms with E-state index in [4.69, 9.17) is 14.2 Å². The van der Waals surface area contributed by atoms with Gasteiger partial charge in [0.2, 0.25) is 5.91 Å². The van der Waals surface area contributed by atoms with Crippen molar-refractivity contribution < 1.29 is 28.6 Å². The normalized spacial score (nSPS) is 18.7. The summed E-state index contributed by atoms with van der Waals surface area (Å²) >= 11 is 0. The molecule has 2 aromatic carbocycles. The number of carbonyl (C=O) groups is 3. The molecular formula is C28H36N2O6.